The second-order valence-electron chi connectivity index (χ2n) is 7.32. The zero-order chi connectivity index (χ0) is 20.4. The van der Waals surface area contributed by atoms with Crippen LogP contribution in [0.2, 0.25) is 0 Å². The number of hydrogen-bond donors (Lipinski definition) is 0. The van der Waals surface area contributed by atoms with Gasteiger partial charge in [-0.05, 0) is 36.6 Å². The van der Waals surface area contributed by atoms with Gasteiger partial charge in [0.15, 0.2) is 11.5 Å². The molecule has 1 aromatic carbocycles. The van der Waals surface area contributed by atoms with E-state index in [1.165, 1.54) is 7.11 Å². The lowest BCUT2D eigenvalue weighted by molar-refractivity contribution is 0.0803. The summed E-state index contributed by atoms with van der Waals surface area (Å²) >= 11 is 0. The van der Waals surface area contributed by atoms with Gasteiger partial charge in [-0.3, -0.25) is 4.99 Å². The summed E-state index contributed by atoms with van der Waals surface area (Å²) in [5.74, 6) is 1.57. The van der Waals surface area contributed by atoms with Crippen LogP contribution in [0.15, 0.2) is 35.5 Å². The van der Waals surface area contributed by atoms with Crippen molar-refractivity contribution in [1.82, 2.24) is 4.98 Å². The molecular formula is C22H24F2N2O3. The van der Waals surface area contributed by atoms with Crippen LogP contribution < -0.4 is 14.2 Å². The molecule has 0 spiro atoms. The van der Waals surface area contributed by atoms with Crippen LogP contribution in [-0.4, -0.2) is 44.0 Å². The third kappa shape index (κ3) is 3.91. The van der Waals surface area contributed by atoms with Gasteiger partial charge >= 0.3 is 0 Å². The minimum atomic E-state index is -2.54. The Morgan fingerprint density at radius 3 is 2.59 bits per heavy atom. The molecule has 0 saturated heterocycles. The van der Waals surface area contributed by atoms with Gasteiger partial charge in [0.2, 0.25) is 5.88 Å². The lowest BCUT2D eigenvalue weighted by atomic mass is 9.75. The van der Waals surface area contributed by atoms with Gasteiger partial charge < -0.3 is 14.2 Å². The molecule has 0 unspecified atom stereocenters. The van der Waals surface area contributed by atoms with Crippen LogP contribution in [-0.2, 0) is 0 Å². The number of methoxy groups -OCH3 is 2. The van der Waals surface area contributed by atoms with Crippen molar-refractivity contribution in [1.29, 1.82) is 0 Å². The molecule has 2 aromatic rings. The van der Waals surface area contributed by atoms with E-state index in [0.29, 0.717) is 17.4 Å². The average molecular weight is 402 g/mol. The highest BCUT2D eigenvalue weighted by molar-refractivity contribution is 6.14. The Bertz CT molecular complexity index is 900. The number of benzene rings is 1. The van der Waals surface area contributed by atoms with Crippen LogP contribution in [0.3, 0.4) is 0 Å². The van der Waals surface area contributed by atoms with Crippen molar-refractivity contribution < 1.29 is 23.0 Å². The molecule has 2 aliphatic rings. The number of alkyl halides is 2. The molecule has 29 heavy (non-hydrogen) atoms. The fourth-order valence-electron chi connectivity index (χ4n) is 4.25. The molecule has 0 bridgehead atoms. The topological polar surface area (TPSA) is 52.9 Å². The van der Waals surface area contributed by atoms with E-state index in [2.05, 4.69) is 4.98 Å². The normalized spacial score (nSPS) is 20.5. The van der Waals surface area contributed by atoms with Gasteiger partial charge in [-0.15, -0.1) is 0 Å². The predicted octanol–water partition coefficient (Wildman–Crippen LogP) is 4.62. The van der Waals surface area contributed by atoms with Crippen molar-refractivity contribution in [2.45, 2.75) is 44.1 Å². The highest BCUT2D eigenvalue weighted by Gasteiger charge is 2.34. The molecule has 4 rings (SSSR count). The van der Waals surface area contributed by atoms with E-state index >= 15 is 0 Å². The van der Waals surface area contributed by atoms with Crippen LogP contribution in [0.4, 0.5) is 8.78 Å². The first kappa shape index (κ1) is 19.6. The zero-order valence-corrected chi connectivity index (χ0v) is 16.5. The quantitative estimate of drug-likeness (QED) is 0.708. The third-order valence-electron chi connectivity index (χ3n) is 5.60. The lowest BCUT2D eigenvalue weighted by Gasteiger charge is -2.35. The number of fused-ring (bicyclic) bond motifs is 3. The summed E-state index contributed by atoms with van der Waals surface area (Å²) in [6.45, 7) is -0.660. The molecule has 1 fully saturated rings. The number of nitrogens with zero attached hydrogens (tertiary/aromatic N) is 2. The zero-order valence-electron chi connectivity index (χ0n) is 16.5. The van der Waals surface area contributed by atoms with Crippen LogP contribution in [0.1, 0.15) is 48.3 Å². The van der Waals surface area contributed by atoms with Crippen LogP contribution in [0, 0.1) is 0 Å². The molecule has 154 valence electrons. The number of halogens is 2. The molecular weight excluding hydrogens is 378 g/mol. The van der Waals surface area contributed by atoms with Gasteiger partial charge in [-0.1, -0.05) is 12.8 Å². The maximum Gasteiger partial charge on any atom is 0.272 e. The Morgan fingerprint density at radius 2 is 1.90 bits per heavy atom. The van der Waals surface area contributed by atoms with E-state index in [-0.39, 0.29) is 12.0 Å². The smallest absolute Gasteiger partial charge is 0.272 e. The summed E-state index contributed by atoms with van der Waals surface area (Å²) in [5.41, 5.74) is 3.76. The van der Waals surface area contributed by atoms with E-state index < -0.39 is 13.0 Å². The molecule has 2 heterocycles. The minimum Gasteiger partial charge on any atom is -0.493 e. The number of aromatic nitrogens is 1. The Hall–Kier alpha value is -2.70. The predicted molar refractivity (Wildman–Crippen MR) is 106 cm³/mol. The van der Waals surface area contributed by atoms with Crippen molar-refractivity contribution in [3.8, 4) is 17.4 Å². The Balaban J connectivity index is 1.81. The molecule has 0 N–H and O–H groups in total. The van der Waals surface area contributed by atoms with Gasteiger partial charge in [0.05, 0.1) is 26.0 Å². The van der Waals surface area contributed by atoms with Gasteiger partial charge in [0, 0.05) is 29.3 Å². The highest BCUT2D eigenvalue weighted by atomic mass is 19.3. The molecule has 1 aromatic heterocycles. The van der Waals surface area contributed by atoms with Crippen molar-refractivity contribution in [2.75, 3.05) is 20.8 Å². The molecule has 5 nitrogen and oxygen atoms in total. The fraction of sp³-hybridized carbons (Fsp3) is 0.455. The number of rotatable bonds is 6. The lowest BCUT2D eigenvalue weighted by Crippen LogP contribution is -2.29. The average Bonchev–Trinajstić information content (AvgIpc) is 2.76. The Morgan fingerprint density at radius 1 is 1.07 bits per heavy atom. The first-order valence-corrected chi connectivity index (χ1v) is 9.82. The highest BCUT2D eigenvalue weighted by Crippen LogP contribution is 2.44. The summed E-state index contributed by atoms with van der Waals surface area (Å²) in [7, 11) is 3.09. The van der Waals surface area contributed by atoms with E-state index in [9.17, 15) is 8.78 Å². The van der Waals surface area contributed by atoms with Crippen molar-refractivity contribution in [2.24, 2.45) is 4.99 Å². The maximum atomic E-state index is 12.7. The Labute approximate surface area is 168 Å². The van der Waals surface area contributed by atoms with E-state index in [1.807, 2.05) is 24.3 Å². The maximum absolute atomic E-state index is 12.7. The summed E-state index contributed by atoms with van der Waals surface area (Å²) < 4.78 is 41.4. The first-order valence-electron chi connectivity index (χ1n) is 9.82. The van der Waals surface area contributed by atoms with Gasteiger partial charge in [0.25, 0.3) is 6.43 Å². The summed E-state index contributed by atoms with van der Waals surface area (Å²) in [6, 6.07) is 7.63. The summed E-state index contributed by atoms with van der Waals surface area (Å²) in [4.78, 5) is 9.39. The first-order chi connectivity index (χ1) is 14.1. The second kappa shape index (κ2) is 8.35. The summed E-state index contributed by atoms with van der Waals surface area (Å²) in [6.07, 6.45) is 3.51. The monoisotopic (exact) mass is 402 g/mol. The fourth-order valence-corrected chi connectivity index (χ4v) is 4.25. The van der Waals surface area contributed by atoms with Crippen molar-refractivity contribution in [3.63, 3.8) is 0 Å². The van der Waals surface area contributed by atoms with E-state index in [0.717, 1.165) is 48.1 Å². The molecule has 7 heteroatoms. The van der Waals surface area contributed by atoms with Crippen LogP contribution in [0.5, 0.6) is 17.4 Å². The molecule has 1 aliphatic carbocycles. The molecule has 1 saturated carbocycles. The van der Waals surface area contributed by atoms with Gasteiger partial charge in [0.1, 0.15) is 6.61 Å². The van der Waals surface area contributed by atoms with Crippen LogP contribution in [0.25, 0.3) is 0 Å². The summed E-state index contributed by atoms with van der Waals surface area (Å²) in [5, 5.41) is 0. The van der Waals surface area contributed by atoms with Gasteiger partial charge in [-0.2, -0.15) is 0 Å². The van der Waals surface area contributed by atoms with E-state index in [1.54, 1.807) is 13.3 Å². The molecule has 2 atom stereocenters. The van der Waals surface area contributed by atoms with Crippen LogP contribution >= 0.6 is 0 Å². The number of aliphatic imine (C=N–C) groups is 1. The largest absolute Gasteiger partial charge is 0.493 e. The SMILES string of the molecule is COc1ccc(C2=N[C@@H]3CCCC[C@@H]3c3cc(OCC(F)F)c(OC)cc32)cn1. The van der Waals surface area contributed by atoms with E-state index in [4.69, 9.17) is 19.2 Å². The van der Waals surface area contributed by atoms with Crippen molar-refractivity contribution in [3.05, 3.63) is 47.2 Å². The second-order valence-corrected chi connectivity index (χ2v) is 7.32. The molecule has 1 aliphatic heterocycles. The Kier molecular flexibility index (Phi) is 5.65. The standard InChI is InChI=1S/C22H24F2N2O3/c1-27-18-10-16-15(9-19(18)29-12-20(23)24)14-5-3-4-6-17(14)26-22(16)13-7-8-21(28-2)25-11-13/h7-11,14,17,20H,3-6,12H2,1-2H3/t14-,17-/m1/s1. The molecule has 0 amide bonds. The number of ether oxygens (including phenoxy) is 3. The number of hydrogen-bond acceptors (Lipinski definition) is 5. The number of pyridine rings is 1. The minimum absolute atomic E-state index is 0.171. The van der Waals surface area contributed by atoms with Gasteiger partial charge in [-0.25, -0.2) is 13.8 Å². The van der Waals surface area contributed by atoms with Crippen molar-refractivity contribution >= 4 is 5.71 Å². The molecule has 0 radical (unpaired) electrons. The third-order valence-corrected chi connectivity index (χ3v) is 5.60.